The van der Waals surface area contributed by atoms with Crippen LogP contribution in [0.25, 0.3) is 0 Å². The zero-order valence-corrected chi connectivity index (χ0v) is 14.4. The summed E-state index contributed by atoms with van der Waals surface area (Å²) < 4.78 is 5.22. The van der Waals surface area contributed by atoms with E-state index in [4.69, 9.17) is 27.9 Å². The Morgan fingerprint density at radius 2 is 1.95 bits per heavy atom. The highest BCUT2D eigenvalue weighted by atomic mass is 35.5. The normalized spacial score (nSPS) is 11.8. The Morgan fingerprint density at radius 1 is 1.23 bits per heavy atom. The van der Waals surface area contributed by atoms with Crippen molar-refractivity contribution in [3.8, 4) is 5.75 Å². The molecule has 2 aromatic carbocycles. The molecule has 116 valence electrons. The number of ether oxygens (including phenoxy) is 1. The van der Waals surface area contributed by atoms with E-state index in [0.717, 1.165) is 4.90 Å². The molecule has 0 fully saturated rings. The first kappa shape index (κ1) is 17.0. The zero-order valence-electron chi connectivity index (χ0n) is 12.1. The van der Waals surface area contributed by atoms with Gasteiger partial charge in [0, 0.05) is 9.92 Å². The fourth-order valence-corrected chi connectivity index (χ4v) is 3.12. The lowest BCUT2D eigenvalue weighted by Crippen LogP contribution is -2.22. The summed E-state index contributed by atoms with van der Waals surface area (Å²) in [6, 6.07) is 12.5. The van der Waals surface area contributed by atoms with Crippen molar-refractivity contribution in [3.05, 3.63) is 52.5 Å². The third kappa shape index (κ3) is 4.32. The Hall–Kier alpha value is -1.36. The quantitative estimate of drug-likeness (QED) is 0.756. The molecular formula is C16H15Cl2NO2S. The lowest BCUT2D eigenvalue weighted by Gasteiger charge is -2.15. The number of amides is 1. The number of thioether (sulfide) groups is 1. The number of rotatable bonds is 5. The Bertz CT molecular complexity index is 679. The van der Waals surface area contributed by atoms with Gasteiger partial charge < -0.3 is 10.1 Å². The van der Waals surface area contributed by atoms with E-state index in [1.54, 1.807) is 31.4 Å². The van der Waals surface area contributed by atoms with Gasteiger partial charge >= 0.3 is 0 Å². The van der Waals surface area contributed by atoms with Gasteiger partial charge in [-0.3, -0.25) is 4.79 Å². The molecule has 3 nitrogen and oxygen atoms in total. The summed E-state index contributed by atoms with van der Waals surface area (Å²) in [6.07, 6.45) is 0. The van der Waals surface area contributed by atoms with Crippen molar-refractivity contribution in [2.24, 2.45) is 0 Å². The predicted octanol–water partition coefficient (Wildman–Crippen LogP) is 5.12. The SMILES string of the molecule is COc1ccc(Cl)cc1NC(=O)C(C)Sc1ccccc1Cl. The van der Waals surface area contributed by atoms with Crippen molar-refractivity contribution in [2.45, 2.75) is 17.1 Å². The lowest BCUT2D eigenvalue weighted by atomic mass is 10.3. The van der Waals surface area contributed by atoms with Crippen LogP contribution in [-0.4, -0.2) is 18.3 Å². The second-order valence-corrected chi connectivity index (χ2v) is 6.75. The molecule has 1 atom stereocenters. The third-order valence-corrected chi connectivity index (χ3v) is 4.78. The van der Waals surface area contributed by atoms with Crippen LogP contribution < -0.4 is 10.1 Å². The van der Waals surface area contributed by atoms with Crippen molar-refractivity contribution >= 4 is 46.6 Å². The first-order chi connectivity index (χ1) is 10.5. The van der Waals surface area contributed by atoms with Crippen LogP contribution in [0.4, 0.5) is 5.69 Å². The van der Waals surface area contributed by atoms with E-state index in [2.05, 4.69) is 5.32 Å². The van der Waals surface area contributed by atoms with Crippen LogP contribution in [0.15, 0.2) is 47.4 Å². The van der Waals surface area contributed by atoms with Gasteiger partial charge in [-0.25, -0.2) is 0 Å². The van der Waals surface area contributed by atoms with Crippen molar-refractivity contribution in [3.63, 3.8) is 0 Å². The van der Waals surface area contributed by atoms with Crippen LogP contribution in [0.3, 0.4) is 0 Å². The molecule has 0 heterocycles. The topological polar surface area (TPSA) is 38.3 Å². The van der Waals surface area contributed by atoms with Crippen molar-refractivity contribution in [1.29, 1.82) is 0 Å². The summed E-state index contributed by atoms with van der Waals surface area (Å²) in [7, 11) is 1.54. The highest BCUT2D eigenvalue weighted by Crippen LogP contribution is 2.32. The van der Waals surface area contributed by atoms with Crippen LogP contribution in [-0.2, 0) is 4.79 Å². The molecule has 1 unspecified atom stereocenters. The summed E-state index contributed by atoms with van der Waals surface area (Å²) in [5, 5.41) is 3.68. The largest absolute Gasteiger partial charge is 0.495 e. The van der Waals surface area contributed by atoms with E-state index in [1.165, 1.54) is 11.8 Å². The number of hydrogen-bond donors (Lipinski definition) is 1. The number of nitrogens with one attached hydrogen (secondary N) is 1. The Kier molecular flexibility index (Phi) is 6.00. The van der Waals surface area contributed by atoms with E-state index in [1.807, 2.05) is 25.1 Å². The second-order valence-electron chi connectivity index (χ2n) is 4.52. The summed E-state index contributed by atoms with van der Waals surface area (Å²) in [5.41, 5.74) is 0.548. The van der Waals surface area contributed by atoms with Crippen molar-refractivity contribution in [1.82, 2.24) is 0 Å². The Labute approximate surface area is 144 Å². The molecule has 0 aromatic heterocycles. The van der Waals surface area contributed by atoms with Gasteiger partial charge in [-0.1, -0.05) is 35.3 Å². The number of methoxy groups -OCH3 is 1. The molecule has 0 saturated carbocycles. The number of benzene rings is 2. The standard InChI is InChI=1S/C16H15Cl2NO2S/c1-10(22-15-6-4-3-5-12(15)18)16(20)19-13-9-11(17)7-8-14(13)21-2/h3-10H,1-2H3,(H,19,20). The highest BCUT2D eigenvalue weighted by Gasteiger charge is 2.17. The summed E-state index contributed by atoms with van der Waals surface area (Å²) in [4.78, 5) is 13.2. The molecule has 2 aromatic rings. The Balaban J connectivity index is 2.09. The minimum absolute atomic E-state index is 0.148. The molecular weight excluding hydrogens is 341 g/mol. The third-order valence-electron chi connectivity index (χ3n) is 2.93. The van der Waals surface area contributed by atoms with E-state index in [9.17, 15) is 4.79 Å². The summed E-state index contributed by atoms with van der Waals surface area (Å²) >= 11 is 13.5. The fourth-order valence-electron chi connectivity index (χ4n) is 1.80. The van der Waals surface area contributed by atoms with Crippen LogP contribution in [0.1, 0.15) is 6.92 Å². The number of hydrogen-bond acceptors (Lipinski definition) is 3. The maximum Gasteiger partial charge on any atom is 0.237 e. The first-order valence-corrected chi connectivity index (χ1v) is 8.20. The van der Waals surface area contributed by atoms with Gasteiger partial charge in [0.15, 0.2) is 0 Å². The summed E-state index contributed by atoms with van der Waals surface area (Å²) in [5.74, 6) is 0.415. The molecule has 0 radical (unpaired) electrons. The molecule has 0 spiro atoms. The molecule has 0 aliphatic heterocycles. The van der Waals surface area contributed by atoms with Crippen molar-refractivity contribution < 1.29 is 9.53 Å². The minimum Gasteiger partial charge on any atom is -0.495 e. The zero-order chi connectivity index (χ0) is 16.1. The molecule has 1 amide bonds. The molecule has 2 rings (SSSR count). The molecule has 22 heavy (non-hydrogen) atoms. The number of carbonyl (C=O) groups excluding carboxylic acids is 1. The molecule has 0 bridgehead atoms. The van der Waals surface area contributed by atoms with E-state index < -0.39 is 0 Å². The molecule has 1 N–H and O–H groups in total. The maximum absolute atomic E-state index is 12.3. The van der Waals surface area contributed by atoms with Crippen LogP contribution in [0, 0.1) is 0 Å². The predicted molar refractivity (Wildman–Crippen MR) is 93.4 cm³/mol. The van der Waals surface area contributed by atoms with Gasteiger partial charge in [0.1, 0.15) is 5.75 Å². The first-order valence-electron chi connectivity index (χ1n) is 6.57. The van der Waals surface area contributed by atoms with E-state index in [0.29, 0.717) is 21.5 Å². The smallest absolute Gasteiger partial charge is 0.237 e. The van der Waals surface area contributed by atoms with Gasteiger partial charge in [-0.05, 0) is 37.3 Å². The number of anilines is 1. The highest BCUT2D eigenvalue weighted by molar-refractivity contribution is 8.00. The van der Waals surface area contributed by atoms with E-state index >= 15 is 0 Å². The van der Waals surface area contributed by atoms with Gasteiger partial charge in [0.25, 0.3) is 0 Å². The fraction of sp³-hybridized carbons (Fsp3) is 0.188. The average Bonchev–Trinajstić information content (AvgIpc) is 2.49. The van der Waals surface area contributed by atoms with Gasteiger partial charge in [-0.15, -0.1) is 11.8 Å². The molecule has 6 heteroatoms. The van der Waals surface area contributed by atoms with Gasteiger partial charge in [0.2, 0.25) is 5.91 Å². The van der Waals surface area contributed by atoms with Gasteiger partial charge in [0.05, 0.1) is 23.1 Å². The molecule has 0 aliphatic carbocycles. The summed E-state index contributed by atoms with van der Waals surface area (Å²) in [6.45, 7) is 1.82. The monoisotopic (exact) mass is 355 g/mol. The van der Waals surface area contributed by atoms with Crippen LogP contribution in [0.5, 0.6) is 5.75 Å². The van der Waals surface area contributed by atoms with E-state index in [-0.39, 0.29) is 11.2 Å². The molecule has 0 aliphatic rings. The average molecular weight is 356 g/mol. The van der Waals surface area contributed by atoms with Gasteiger partial charge in [-0.2, -0.15) is 0 Å². The number of carbonyl (C=O) groups is 1. The second kappa shape index (κ2) is 7.77. The van der Waals surface area contributed by atoms with Crippen LogP contribution >= 0.6 is 35.0 Å². The number of halogens is 2. The van der Waals surface area contributed by atoms with Crippen LogP contribution in [0.2, 0.25) is 10.0 Å². The Morgan fingerprint density at radius 3 is 2.64 bits per heavy atom. The minimum atomic E-state index is -0.316. The molecule has 0 saturated heterocycles. The lowest BCUT2D eigenvalue weighted by molar-refractivity contribution is -0.115. The maximum atomic E-state index is 12.3. The van der Waals surface area contributed by atoms with Crippen molar-refractivity contribution in [2.75, 3.05) is 12.4 Å².